The number of thioether (sulfide) groups is 1. The minimum absolute atomic E-state index is 0.562. The second-order valence-corrected chi connectivity index (χ2v) is 4.90. The van der Waals surface area contributed by atoms with Crippen LogP contribution in [0.2, 0.25) is 5.15 Å². The van der Waals surface area contributed by atoms with Crippen LogP contribution in [-0.2, 0) is 6.42 Å². The fourth-order valence-electron chi connectivity index (χ4n) is 1.17. The largest absolute Gasteiger partial charge is 0.226 e. The van der Waals surface area contributed by atoms with Crippen LogP contribution in [0, 0.1) is 0 Å². The summed E-state index contributed by atoms with van der Waals surface area (Å²) in [6, 6.07) is 1.85. The van der Waals surface area contributed by atoms with E-state index in [2.05, 4.69) is 23.8 Å². The molecule has 0 radical (unpaired) electrons. The number of hydrogen-bond donors (Lipinski definition) is 0. The summed E-state index contributed by atoms with van der Waals surface area (Å²) in [5, 5.41) is 1.57. The van der Waals surface area contributed by atoms with E-state index < -0.39 is 0 Å². The zero-order valence-electron chi connectivity index (χ0n) is 9.29. The van der Waals surface area contributed by atoms with Crippen LogP contribution in [0.15, 0.2) is 11.1 Å². The number of halogens is 1. The molecule has 1 aromatic heterocycles. The molecule has 15 heavy (non-hydrogen) atoms. The molecule has 0 aromatic carbocycles. The van der Waals surface area contributed by atoms with Crippen LogP contribution in [0.25, 0.3) is 0 Å². The van der Waals surface area contributed by atoms with Gasteiger partial charge >= 0.3 is 0 Å². The Morgan fingerprint density at radius 2 is 2.07 bits per heavy atom. The summed E-state index contributed by atoms with van der Waals surface area (Å²) in [5.74, 6) is 1.97. The topological polar surface area (TPSA) is 25.8 Å². The Morgan fingerprint density at radius 1 is 1.27 bits per heavy atom. The molecule has 0 N–H and O–H groups in total. The van der Waals surface area contributed by atoms with Crippen molar-refractivity contribution in [2.24, 2.45) is 0 Å². The summed E-state index contributed by atoms with van der Waals surface area (Å²) in [6.45, 7) is 4.31. The maximum absolute atomic E-state index is 5.93. The molecule has 1 rings (SSSR count). The maximum atomic E-state index is 5.93. The average molecular weight is 245 g/mol. The van der Waals surface area contributed by atoms with E-state index in [0.717, 1.165) is 29.4 Å². The highest BCUT2D eigenvalue weighted by Gasteiger charge is 2.02. The van der Waals surface area contributed by atoms with Gasteiger partial charge in [-0.3, -0.25) is 0 Å². The molecular weight excluding hydrogens is 228 g/mol. The molecule has 0 spiro atoms. The molecule has 4 heteroatoms. The Kier molecular flexibility index (Phi) is 6.03. The van der Waals surface area contributed by atoms with Crippen LogP contribution in [-0.4, -0.2) is 15.7 Å². The van der Waals surface area contributed by atoms with Gasteiger partial charge in [-0.2, -0.15) is 0 Å². The number of rotatable bonds is 6. The fraction of sp³-hybridized carbons (Fsp3) is 0.636. The molecule has 0 saturated carbocycles. The molecule has 0 saturated heterocycles. The van der Waals surface area contributed by atoms with Gasteiger partial charge in [0.05, 0.1) is 0 Å². The van der Waals surface area contributed by atoms with Crippen LogP contribution < -0.4 is 0 Å². The first-order chi connectivity index (χ1) is 7.26. The number of aryl methyl sites for hydroxylation is 1. The number of aromatic nitrogens is 2. The van der Waals surface area contributed by atoms with E-state index in [1.807, 2.05) is 6.07 Å². The number of nitrogens with zero attached hydrogens (tertiary/aromatic N) is 2. The SMILES string of the molecule is CCCCSc1cc(Cl)nc(CCC)n1. The molecule has 0 aliphatic heterocycles. The van der Waals surface area contributed by atoms with Gasteiger partial charge in [0.1, 0.15) is 16.0 Å². The van der Waals surface area contributed by atoms with Crippen LogP contribution in [0.4, 0.5) is 0 Å². The Morgan fingerprint density at radius 3 is 2.73 bits per heavy atom. The van der Waals surface area contributed by atoms with Crippen LogP contribution in [0.1, 0.15) is 38.9 Å². The molecule has 0 atom stereocenters. The molecule has 1 heterocycles. The lowest BCUT2D eigenvalue weighted by Crippen LogP contribution is -1.96. The van der Waals surface area contributed by atoms with Crippen molar-refractivity contribution in [2.75, 3.05) is 5.75 Å². The van der Waals surface area contributed by atoms with Gasteiger partial charge in [0.2, 0.25) is 0 Å². The summed E-state index contributed by atoms with van der Waals surface area (Å²) in [4.78, 5) is 8.66. The van der Waals surface area contributed by atoms with Gasteiger partial charge in [-0.15, -0.1) is 11.8 Å². The molecule has 0 bridgehead atoms. The first-order valence-electron chi connectivity index (χ1n) is 5.42. The summed E-state index contributed by atoms with van der Waals surface area (Å²) < 4.78 is 0. The molecule has 1 aromatic rings. The molecule has 84 valence electrons. The smallest absolute Gasteiger partial charge is 0.133 e. The van der Waals surface area contributed by atoms with Crippen molar-refractivity contribution < 1.29 is 0 Å². The van der Waals surface area contributed by atoms with Gasteiger partial charge in [0.15, 0.2) is 0 Å². The van der Waals surface area contributed by atoms with E-state index in [0.29, 0.717) is 5.15 Å². The number of hydrogen-bond acceptors (Lipinski definition) is 3. The van der Waals surface area contributed by atoms with E-state index in [-0.39, 0.29) is 0 Å². The lowest BCUT2D eigenvalue weighted by molar-refractivity contribution is 0.808. The second kappa shape index (κ2) is 7.07. The normalized spacial score (nSPS) is 10.6. The number of unbranched alkanes of at least 4 members (excludes halogenated alkanes) is 1. The quantitative estimate of drug-likeness (QED) is 0.430. The van der Waals surface area contributed by atoms with Crippen LogP contribution in [0.5, 0.6) is 0 Å². The molecular formula is C11H17ClN2S. The third-order valence-electron chi connectivity index (χ3n) is 1.94. The first-order valence-corrected chi connectivity index (χ1v) is 6.78. The van der Waals surface area contributed by atoms with E-state index in [1.165, 1.54) is 12.8 Å². The van der Waals surface area contributed by atoms with Crippen molar-refractivity contribution in [3.8, 4) is 0 Å². The lowest BCUT2D eigenvalue weighted by atomic mass is 10.3. The van der Waals surface area contributed by atoms with Crippen molar-refractivity contribution in [1.29, 1.82) is 0 Å². The zero-order chi connectivity index (χ0) is 11.1. The van der Waals surface area contributed by atoms with E-state index in [1.54, 1.807) is 11.8 Å². The standard InChI is InChI=1S/C11H17ClN2S/c1-3-5-7-15-11-8-9(12)13-10(14-11)6-4-2/h8H,3-7H2,1-2H3. The average Bonchev–Trinajstić information content (AvgIpc) is 2.18. The fourth-order valence-corrected chi connectivity index (χ4v) is 2.44. The van der Waals surface area contributed by atoms with Crippen LogP contribution >= 0.6 is 23.4 Å². The highest BCUT2D eigenvalue weighted by Crippen LogP contribution is 2.20. The van der Waals surface area contributed by atoms with Gasteiger partial charge < -0.3 is 0 Å². The third kappa shape index (κ3) is 4.85. The Hall–Kier alpha value is -0.280. The third-order valence-corrected chi connectivity index (χ3v) is 3.13. The van der Waals surface area contributed by atoms with Crippen molar-refractivity contribution >= 4 is 23.4 Å². The van der Waals surface area contributed by atoms with Gasteiger partial charge in [0.25, 0.3) is 0 Å². The van der Waals surface area contributed by atoms with Gasteiger partial charge in [-0.05, 0) is 18.6 Å². The minimum atomic E-state index is 0.562. The van der Waals surface area contributed by atoms with Gasteiger partial charge in [-0.1, -0.05) is 31.9 Å². The van der Waals surface area contributed by atoms with Gasteiger partial charge in [-0.25, -0.2) is 9.97 Å². The molecule has 0 fully saturated rings. The lowest BCUT2D eigenvalue weighted by Gasteiger charge is -2.03. The van der Waals surface area contributed by atoms with Crippen molar-refractivity contribution in [3.05, 3.63) is 17.0 Å². The second-order valence-electron chi connectivity index (χ2n) is 3.40. The predicted octanol–water partition coefficient (Wildman–Crippen LogP) is 3.97. The van der Waals surface area contributed by atoms with Crippen molar-refractivity contribution in [2.45, 2.75) is 44.6 Å². The Bertz CT molecular complexity index is 305. The predicted molar refractivity (Wildman–Crippen MR) is 66.7 cm³/mol. The zero-order valence-corrected chi connectivity index (χ0v) is 10.9. The maximum Gasteiger partial charge on any atom is 0.133 e. The van der Waals surface area contributed by atoms with Crippen molar-refractivity contribution in [3.63, 3.8) is 0 Å². The monoisotopic (exact) mass is 244 g/mol. The van der Waals surface area contributed by atoms with E-state index in [9.17, 15) is 0 Å². The molecule has 2 nitrogen and oxygen atoms in total. The van der Waals surface area contributed by atoms with E-state index >= 15 is 0 Å². The highest BCUT2D eigenvalue weighted by atomic mass is 35.5. The van der Waals surface area contributed by atoms with Crippen molar-refractivity contribution in [1.82, 2.24) is 9.97 Å². The molecule has 0 aliphatic carbocycles. The highest BCUT2D eigenvalue weighted by molar-refractivity contribution is 7.99. The molecule has 0 aliphatic rings. The molecule has 0 amide bonds. The van der Waals surface area contributed by atoms with E-state index in [4.69, 9.17) is 11.6 Å². The summed E-state index contributed by atoms with van der Waals surface area (Å²) >= 11 is 7.70. The summed E-state index contributed by atoms with van der Waals surface area (Å²) in [7, 11) is 0. The minimum Gasteiger partial charge on any atom is -0.226 e. The Balaban J connectivity index is 2.62. The Labute approximate surface area is 101 Å². The van der Waals surface area contributed by atoms with Crippen LogP contribution in [0.3, 0.4) is 0 Å². The molecule has 0 unspecified atom stereocenters. The summed E-state index contributed by atoms with van der Waals surface area (Å²) in [6.07, 6.45) is 4.39. The summed E-state index contributed by atoms with van der Waals surface area (Å²) in [5.41, 5.74) is 0. The first kappa shape index (κ1) is 12.8. The van der Waals surface area contributed by atoms with Gasteiger partial charge in [0, 0.05) is 12.5 Å².